The molecule has 0 amide bonds. The van der Waals surface area contributed by atoms with Gasteiger partial charge < -0.3 is 4.74 Å². The van der Waals surface area contributed by atoms with Crippen LogP contribution < -0.4 is 0 Å². The van der Waals surface area contributed by atoms with Crippen molar-refractivity contribution in [3.63, 3.8) is 0 Å². The summed E-state index contributed by atoms with van der Waals surface area (Å²) in [6.07, 6.45) is 1.97. The Bertz CT molecular complexity index is 367. The minimum Gasteiger partial charge on any atom is -0.377 e. The summed E-state index contributed by atoms with van der Waals surface area (Å²) in [5.41, 5.74) is -0.0103. The highest BCUT2D eigenvalue weighted by Crippen LogP contribution is 2.22. The lowest BCUT2D eigenvalue weighted by Crippen LogP contribution is -2.02. The minimum absolute atomic E-state index is 0.0103. The van der Waals surface area contributed by atoms with E-state index >= 15 is 0 Å². The van der Waals surface area contributed by atoms with Crippen LogP contribution in [0.4, 0.5) is 8.78 Å². The van der Waals surface area contributed by atoms with Crippen molar-refractivity contribution < 1.29 is 13.5 Å². The van der Waals surface area contributed by atoms with Gasteiger partial charge in [-0.2, -0.15) is 0 Å². The zero-order chi connectivity index (χ0) is 12.8. The monoisotopic (exact) mass is 306 g/mol. The number of hydrogen-bond donors (Lipinski definition) is 0. The maximum atomic E-state index is 13.5. The van der Waals surface area contributed by atoms with Crippen LogP contribution in [0.1, 0.15) is 32.3 Å². The summed E-state index contributed by atoms with van der Waals surface area (Å²) in [6.45, 7) is 4.78. The third-order valence-corrected chi connectivity index (χ3v) is 3.07. The highest BCUT2D eigenvalue weighted by Gasteiger charge is 2.12. The first-order chi connectivity index (χ1) is 8.02. The molecule has 0 bridgehead atoms. The molecular formula is C13H17BrF2O. The molecular weight excluding hydrogens is 290 g/mol. The van der Waals surface area contributed by atoms with E-state index in [2.05, 4.69) is 29.8 Å². The van der Waals surface area contributed by atoms with Gasteiger partial charge in [-0.3, -0.25) is 0 Å². The Morgan fingerprint density at radius 3 is 2.65 bits per heavy atom. The van der Waals surface area contributed by atoms with Crippen molar-refractivity contribution in [2.45, 2.75) is 33.3 Å². The van der Waals surface area contributed by atoms with E-state index in [1.54, 1.807) is 0 Å². The molecule has 0 saturated heterocycles. The average Bonchev–Trinajstić information content (AvgIpc) is 2.27. The van der Waals surface area contributed by atoms with Crippen molar-refractivity contribution in [1.29, 1.82) is 0 Å². The molecule has 1 aromatic carbocycles. The maximum absolute atomic E-state index is 13.5. The third kappa shape index (κ3) is 4.72. The van der Waals surface area contributed by atoms with Gasteiger partial charge in [0.1, 0.15) is 11.6 Å². The minimum atomic E-state index is -0.575. The molecule has 0 fully saturated rings. The second kappa shape index (κ2) is 7.07. The molecule has 0 aromatic heterocycles. The molecule has 0 unspecified atom stereocenters. The zero-order valence-electron chi connectivity index (χ0n) is 10.1. The molecule has 96 valence electrons. The van der Waals surface area contributed by atoms with Crippen LogP contribution in [0.2, 0.25) is 0 Å². The first-order valence-corrected chi connectivity index (χ1v) is 6.51. The van der Waals surface area contributed by atoms with Crippen molar-refractivity contribution in [3.8, 4) is 0 Å². The van der Waals surface area contributed by atoms with Crippen LogP contribution in [0.15, 0.2) is 16.6 Å². The van der Waals surface area contributed by atoms with Gasteiger partial charge in [0.2, 0.25) is 0 Å². The molecule has 1 rings (SSSR count). The van der Waals surface area contributed by atoms with Crippen molar-refractivity contribution in [3.05, 3.63) is 33.8 Å². The molecule has 0 heterocycles. The fourth-order valence-electron chi connectivity index (χ4n) is 1.47. The molecule has 4 heteroatoms. The van der Waals surface area contributed by atoms with Crippen LogP contribution in [0, 0.1) is 17.6 Å². The Labute approximate surface area is 109 Å². The van der Waals surface area contributed by atoms with Gasteiger partial charge in [0.15, 0.2) is 0 Å². The summed E-state index contributed by atoms with van der Waals surface area (Å²) in [5, 5.41) is 0. The summed E-state index contributed by atoms with van der Waals surface area (Å²) in [5.74, 6) is -0.513. The molecule has 1 aromatic rings. The first-order valence-electron chi connectivity index (χ1n) is 5.72. The van der Waals surface area contributed by atoms with E-state index in [0.29, 0.717) is 12.5 Å². The van der Waals surface area contributed by atoms with Crippen LogP contribution in [0.5, 0.6) is 0 Å². The lowest BCUT2D eigenvalue weighted by atomic mass is 10.1. The van der Waals surface area contributed by atoms with E-state index < -0.39 is 11.6 Å². The van der Waals surface area contributed by atoms with E-state index in [9.17, 15) is 8.78 Å². The lowest BCUT2D eigenvalue weighted by molar-refractivity contribution is 0.110. The smallest absolute Gasteiger partial charge is 0.145 e. The van der Waals surface area contributed by atoms with Crippen LogP contribution >= 0.6 is 15.9 Å². The summed E-state index contributed by atoms with van der Waals surface area (Å²) in [7, 11) is 0. The molecule has 0 saturated carbocycles. The molecule has 1 nitrogen and oxygen atoms in total. The summed E-state index contributed by atoms with van der Waals surface area (Å²) < 4.78 is 32.4. The van der Waals surface area contributed by atoms with Crippen molar-refractivity contribution in [2.75, 3.05) is 6.61 Å². The molecule has 0 aliphatic carbocycles. The van der Waals surface area contributed by atoms with Gasteiger partial charge in [-0.05, 0) is 46.8 Å². The molecule has 0 aliphatic heterocycles. The van der Waals surface area contributed by atoms with E-state index in [-0.39, 0.29) is 16.6 Å². The fraction of sp³-hybridized carbons (Fsp3) is 0.538. The Morgan fingerprint density at radius 2 is 2.00 bits per heavy atom. The van der Waals surface area contributed by atoms with Gasteiger partial charge in [0, 0.05) is 6.61 Å². The second-order valence-electron chi connectivity index (χ2n) is 4.41. The second-order valence-corrected chi connectivity index (χ2v) is 5.26. The van der Waals surface area contributed by atoms with E-state index in [0.717, 1.165) is 12.8 Å². The lowest BCUT2D eigenvalue weighted by Gasteiger charge is -2.08. The van der Waals surface area contributed by atoms with E-state index in [1.807, 2.05) is 0 Å². The normalized spacial score (nSPS) is 11.2. The van der Waals surface area contributed by atoms with Crippen molar-refractivity contribution >= 4 is 15.9 Å². The highest BCUT2D eigenvalue weighted by atomic mass is 79.9. The quantitative estimate of drug-likeness (QED) is 0.548. The van der Waals surface area contributed by atoms with Gasteiger partial charge in [0.25, 0.3) is 0 Å². The predicted molar refractivity (Wildman–Crippen MR) is 67.8 cm³/mol. The number of halogens is 3. The summed E-state index contributed by atoms with van der Waals surface area (Å²) in [4.78, 5) is 0. The zero-order valence-corrected chi connectivity index (χ0v) is 11.7. The van der Waals surface area contributed by atoms with E-state index in [4.69, 9.17) is 4.74 Å². The van der Waals surface area contributed by atoms with E-state index in [1.165, 1.54) is 12.1 Å². The highest BCUT2D eigenvalue weighted by molar-refractivity contribution is 9.10. The molecule has 0 radical (unpaired) electrons. The molecule has 0 aliphatic rings. The maximum Gasteiger partial charge on any atom is 0.145 e. The molecule has 0 spiro atoms. The molecule has 0 atom stereocenters. The van der Waals surface area contributed by atoms with Gasteiger partial charge in [0.05, 0.1) is 16.6 Å². The predicted octanol–water partition coefficient (Wildman–Crippen LogP) is 4.68. The van der Waals surface area contributed by atoms with Crippen molar-refractivity contribution in [1.82, 2.24) is 0 Å². The van der Waals surface area contributed by atoms with Gasteiger partial charge in [-0.25, -0.2) is 8.78 Å². The average molecular weight is 307 g/mol. The van der Waals surface area contributed by atoms with Crippen LogP contribution in [0.25, 0.3) is 0 Å². The Morgan fingerprint density at radius 1 is 1.29 bits per heavy atom. The van der Waals surface area contributed by atoms with Crippen molar-refractivity contribution in [2.24, 2.45) is 5.92 Å². The number of ether oxygens (including phenoxy) is 1. The number of rotatable bonds is 6. The van der Waals surface area contributed by atoms with Gasteiger partial charge in [-0.15, -0.1) is 0 Å². The molecule has 17 heavy (non-hydrogen) atoms. The van der Waals surface area contributed by atoms with Crippen LogP contribution in [0.3, 0.4) is 0 Å². The summed E-state index contributed by atoms with van der Waals surface area (Å²) in [6, 6.07) is 2.59. The topological polar surface area (TPSA) is 9.23 Å². The Hall–Kier alpha value is -0.480. The fourth-order valence-corrected chi connectivity index (χ4v) is 1.84. The first kappa shape index (κ1) is 14.6. The number of benzene rings is 1. The standard InChI is InChI=1S/C13H17BrF2O/c1-9(2)4-3-7-17-8-10-12(15)6-5-11(14)13(10)16/h5-6,9H,3-4,7-8H2,1-2H3. The van der Waals surface area contributed by atoms with Gasteiger partial charge >= 0.3 is 0 Å². The third-order valence-electron chi connectivity index (χ3n) is 2.46. The van der Waals surface area contributed by atoms with Crippen LogP contribution in [-0.4, -0.2) is 6.61 Å². The Kier molecular flexibility index (Phi) is 6.06. The molecule has 0 N–H and O–H groups in total. The number of hydrogen-bond acceptors (Lipinski definition) is 1. The summed E-state index contributed by atoms with van der Waals surface area (Å²) >= 11 is 3.02. The SMILES string of the molecule is CC(C)CCCOCc1c(F)ccc(Br)c1F. The van der Waals surface area contributed by atoms with Crippen LogP contribution in [-0.2, 0) is 11.3 Å². The van der Waals surface area contributed by atoms with Gasteiger partial charge in [-0.1, -0.05) is 13.8 Å². The largest absolute Gasteiger partial charge is 0.377 e. The Balaban J connectivity index is 2.44.